The third kappa shape index (κ3) is 13.1. The van der Waals surface area contributed by atoms with Gasteiger partial charge in [0.05, 0.1) is 0 Å². The fourth-order valence-corrected chi connectivity index (χ4v) is 5.21. The summed E-state index contributed by atoms with van der Waals surface area (Å²) in [6.07, 6.45) is 0. The van der Waals surface area contributed by atoms with Gasteiger partial charge in [-0.05, 0) is 79.0 Å². The van der Waals surface area contributed by atoms with E-state index in [1.165, 1.54) is 6.07 Å². The minimum atomic E-state index is -9.89. The van der Waals surface area contributed by atoms with Crippen LogP contribution in [0.25, 0.3) is 0 Å². The number of hydrazine groups is 2. The maximum absolute atomic E-state index is 12.8. The number of nitrogens with two attached hydrogens (primary N) is 1. The first kappa shape index (κ1) is 42.4. The number of aryl methyl sites for hydroxylation is 2. The number of hydrogen-bond acceptors (Lipinski definition) is 5. The molecule has 0 heterocycles. The second-order valence-electron chi connectivity index (χ2n) is 10.3. The molecular weight excluding hydrogens is 770 g/mol. The van der Waals surface area contributed by atoms with E-state index in [0.717, 1.165) is 17.7 Å². The van der Waals surface area contributed by atoms with Gasteiger partial charge < -0.3 is 0 Å². The van der Waals surface area contributed by atoms with Crippen molar-refractivity contribution in [1.29, 1.82) is 0 Å². The normalized spacial score (nSPS) is 13.8. The number of halogens is 11. The van der Waals surface area contributed by atoms with Crippen molar-refractivity contribution in [1.82, 2.24) is 16.3 Å². The number of hydrogen-bond donors (Lipinski definition) is 4. The Balaban J connectivity index is 0.000000293. The number of benzene rings is 4. The lowest BCUT2D eigenvalue weighted by Gasteiger charge is -2.40. The Labute approximate surface area is 288 Å². The first-order chi connectivity index (χ1) is 22.9. The zero-order chi connectivity index (χ0) is 39.2. The van der Waals surface area contributed by atoms with Crippen LogP contribution in [-0.4, -0.2) is 23.0 Å². The van der Waals surface area contributed by atoms with E-state index < -0.39 is 58.4 Å². The van der Waals surface area contributed by atoms with Gasteiger partial charge in [0, 0.05) is 22.3 Å². The predicted molar refractivity (Wildman–Crippen MR) is 175 cm³/mol. The van der Waals surface area contributed by atoms with E-state index in [2.05, 4.69) is 5.43 Å². The summed E-state index contributed by atoms with van der Waals surface area (Å²) in [5.41, 5.74) is 7.09. The summed E-state index contributed by atoms with van der Waals surface area (Å²) in [4.78, 5) is 40.9. The van der Waals surface area contributed by atoms with Gasteiger partial charge in [0.1, 0.15) is 9.79 Å². The van der Waals surface area contributed by atoms with Gasteiger partial charge in [0.15, 0.2) is 0 Å². The maximum Gasteiger partial charge on any atom is 0.310 e. The minimum absolute atomic E-state index is 0.0385. The van der Waals surface area contributed by atoms with E-state index >= 15 is 0 Å². The van der Waals surface area contributed by atoms with Crippen molar-refractivity contribution in [2.24, 2.45) is 5.84 Å². The van der Waals surface area contributed by atoms with Gasteiger partial charge in [0.2, 0.25) is 0 Å². The smallest absolute Gasteiger partial charge is 0.290 e. The summed E-state index contributed by atoms with van der Waals surface area (Å²) in [5.74, 6) is 2.87. The lowest BCUT2D eigenvalue weighted by atomic mass is 10.1. The molecule has 8 nitrogen and oxygen atoms in total. The molecule has 21 heteroatoms. The summed E-state index contributed by atoms with van der Waals surface area (Å²) in [7, 11) is -19.6. The minimum Gasteiger partial charge on any atom is -0.290 e. The van der Waals surface area contributed by atoms with E-state index in [0.29, 0.717) is 23.3 Å². The molecule has 0 spiro atoms. The van der Waals surface area contributed by atoms with Crippen molar-refractivity contribution < 1.29 is 58.0 Å². The van der Waals surface area contributed by atoms with Crippen molar-refractivity contribution in [2.45, 2.75) is 23.6 Å². The number of carbonyl (C=O) groups excluding carboxylic acids is 4. The molecule has 5 N–H and O–H groups in total. The lowest BCUT2D eigenvalue weighted by Crippen LogP contribution is -2.41. The molecule has 0 fully saturated rings. The number of carbonyl (C=O) groups is 4. The van der Waals surface area contributed by atoms with Gasteiger partial charge in [-0.15, -0.1) is 0 Å². The van der Waals surface area contributed by atoms with Crippen molar-refractivity contribution in [3.05, 3.63) is 130 Å². The topological polar surface area (TPSA) is 130 Å². The average Bonchev–Trinajstić information content (AvgIpc) is 3.02. The Hall–Kier alpha value is -4.79. The lowest BCUT2D eigenvalue weighted by molar-refractivity contribution is 0.0846. The Morgan fingerprint density at radius 3 is 1.29 bits per heavy atom. The average molecular weight is 797 g/mol. The first-order valence-electron chi connectivity index (χ1n) is 13.5. The largest absolute Gasteiger partial charge is 0.310 e. The van der Waals surface area contributed by atoms with Crippen molar-refractivity contribution >= 4 is 55.0 Å². The molecule has 0 saturated carbocycles. The quantitative estimate of drug-likeness (QED) is 0.0508. The van der Waals surface area contributed by atoms with Crippen LogP contribution in [0.2, 0.25) is 0 Å². The third-order valence-electron chi connectivity index (χ3n) is 6.25. The highest BCUT2D eigenvalue weighted by molar-refractivity contribution is 8.46. The van der Waals surface area contributed by atoms with Gasteiger partial charge in [-0.1, -0.05) is 93.5 Å². The van der Waals surface area contributed by atoms with Crippen LogP contribution in [-0.2, 0) is 0 Å². The third-order valence-corrected chi connectivity index (χ3v) is 8.76. The molecule has 0 aliphatic carbocycles. The fourth-order valence-electron chi connectivity index (χ4n) is 3.72. The van der Waals surface area contributed by atoms with Crippen LogP contribution in [0, 0.1) is 13.8 Å². The molecule has 3 amide bonds. The van der Waals surface area contributed by atoms with E-state index in [1.807, 2.05) is 29.9 Å². The number of nitrogens with one attached hydrogen (secondary N) is 3. The SMILES string of the molecule is Cc1ccccc1C(=O)NN.Cc1ccccc1C(=O)NNC(=O)c1cccc(S(F)(F)(F)(F)F)c1.O=C(Cl)c1cccc(S(F)(F)(F)(F)F)c1. The van der Waals surface area contributed by atoms with Crippen LogP contribution in [0.4, 0.5) is 38.9 Å². The van der Waals surface area contributed by atoms with E-state index in [9.17, 15) is 58.0 Å². The van der Waals surface area contributed by atoms with Crippen LogP contribution in [0.15, 0.2) is 107 Å². The van der Waals surface area contributed by atoms with Gasteiger partial charge in [0.25, 0.3) is 23.0 Å². The molecule has 0 bridgehead atoms. The molecule has 4 aromatic carbocycles. The summed E-state index contributed by atoms with van der Waals surface area (Å²) >= 11 is 4.88. The van der Waals surface area contributed by atoms with Crippen LogP contribution in [0.1, 0.15) is 52.6 Å². The van der Waals surface area contributed by atoms with Gasteiger partial charge in [-0.25, -0.2) is 5.84 Å². The molecule has 280 valence electrons. The molecule has 51 heavy (non-hydrogen) atoms. The Kier molecular flexibility index (Phi) is 11.4. The molecule has 0 saturated heterocycles. The van der Waals surface area contributed by atoms with Crippen LogP contribution >= 0.6 is 32.0 Å². The molecule has 0 aliphatic heterocycles. The highest BCUT2D eigenvalue weighted by Gasteiger charge is 2.66. The van der Waals surface area contributed by atoms with Gasteiger partial charge in [-0.3, -0.25) is 35.5 Å². The van der Waals surface area contributed by atoms with Crippen molar-refractivity contribution in [2.75, 3.05) is 0 Å². The highest BCUT2D eigenvalue weighted by atomic mass is 35.5. The second-order valence-corrected chi connectivity index (χ2v) is 15.4. The van der Waals surface area contributed by atoms with Crippen molar-refractivity contribution in [3.8, 4) is 0 Å². The van der Waals surface area contributed by atoms with E-state index in [-0.39, 0.29) is 35.7 Å². The Morgan fingerprint density at radius 2 is 0.902 bits per heavy atom. The number of nitrogen functional groups attached to an aromatic ring is 1. The summed E-state index contributed by atoms with van der Waals surface area (Å²) in [6, 6.07) is 17.4. The van der Waals surface area contributed by atoms with E-state index in [4.69, 9.17) is 17.4 Å². The zero-order valence-corrected chi connectivity index (χ0v) is 28.3. The van der Waals surface area contributed by atoms with Crippen LogP contribution in [0.3, 0.4) is 0 Å². The van der Waals surface area contributed by atoms with Crippen molar-refractivity contribution in [3.63, 3.8) is 0 Å². The van der Waals surface area contributed by atoms with Crippen LogP contribution < -0.4 is 22.1 Å². The monoisotopic (exact) mass is 796 g/mol. The van der Waals surface area contributed by atoms with Gasteiger partial charge in [-0.2, -0.15) is 0 Å². The molecule has 0 unspecified atom stereocenters. The highest BCUT2D eigenvalue weighted by Crippen LogP contribution is 3.02. The molecule has 0 aromatic heterocycles. The van der Waals surface area contributed by atoms with Gasteiger partial charge >= 0.3 is 20.4 Å². The Morgan fingerprint density at radius 1 is 0.529 bits per heavy atom. The van der Waals surface area contributed by atoms with E-state index in [1.54, 1.807) is 37.3 Å². The molecular formula is C30H27ClF10N4O4S2. The summed E-state index contributed by atoms with van der Waals surface area (Å²) < 4.78 is 125. The zero-order valence-electron chi connectivity index (χ0n) is 25.9. The molecule has 4 aromatic rings. The second kappa shape index (κ2) is 13.7. The molecule has 0 radical (unpaired) electrons. The maximum atomic E-state index is 12.8. The fraction of sp³-hybridized carbons (Fsp3) is 0.0667. The molecule has 0 aliphatic rings. The molecule has 4 rings (SSSR count). The molecule has 0 atom stereocenters. The predicted octanol–water partition coefficient (Wildman–Crippen LogP) is 10.0. The summed E-state index contributed by atoms with van der Waals surface area (Å²) in [5, 5.41) is -1.22. The number of amides is 3. The number of rotatable bonds is 6. The standard InChI is InChI=1S/C15H13F5N2O2S.C8H10N2O.C7H4ClF5OS/c1-10-5-2-3-8-13(10)15(24)22-21-14(23)11-6-4-7-12(9-11)25(16,17,18,19)20;1-6-4-2-3-5-7(6)8(11)10-9;8-7(14)5-2-1-3-6(4-5)15(9,10,11,12)13/h2-9H,1H3,(H,21,23)(H,22,24);2-5H,9H2,1H3,(H,10,11);1-4H. The first-order valence-corrected chi connectivity index (χ1v) is 17.8. The van der Waals surface area contributed by atoms with Crippen LogP contribution in [0.5, 0.6) is 0 Å². The summed E-state index contributed by atoms with van der Waals surface area (Å²) in [6.45, 7) is 3.51. The Bertz CT molecular complexity index is 1990.